The number of nitrogens with zero attached hydrogens (tertiary/aromatic N) is 1. The van der Waals surface area contributed by atoms with Crippen molar-refractivity contribution in [2.75, 3.05) is 24.6 Å². The number of hydrogen-bond acceptors (Lipinski definition) is 2. The normalized spacial score (nSPS) is 20.5. The number of aliphatic hydroxyl groups is 1. The van der Waals surface area contributed by atoms with Gasteiger partial charge in [0.2, 0.25) is 0 Å². The second-order valence-corrected chi connectivity index (χ2v) is 5.15. The summed E-state index contributed by atoms with van der Waals surface area (Å²) in [4.78, 5) is 2.19. The van der Waals surface area contributed by atoms with Crippen molar-refractivity contribution < 1.29 is 5.11 Å². The lowest BCUT2D eigenvalue weighted by Crippen LogP contribution is -2.21. The number of halogens is 2. The molecule has 1 aliphatic heterocycles. The summed E-state index contributed by atoms with van der Waals surface area (Å²) in [5.74, 6) is 0.358. The average Bonchev–Trinajstić information content (AvgIpc) is 2.71. The van der Waals surface area contributed by atoms with Crippen molar-refractivity contribution in [2.24, 2.45) is 5.92 Å². The van der Waals surface area contributed by atoms with Crippen LogP contribution in [0.1, 0.15) is 12.0 Å². The topological polar surface area (TPSA) is 23.5 Å². The minimum Gasteiger partial charge on any atom is -0.396 e. The number of hydrogen-bond donors (Lipinski definition) is 1. The Kier molecular flexibility index (Phi) is 3.63. The molecule has 1 unspecified atom stereocenters. The summed E-state index contributed by atoms with van der Waals surface area (Å²) in [7, 11) is 0. The molecule has 1 aliphatic rings. The van der Waals surface area contributed by atoms with Gasteiger partial charge in [0.05, 0.1) is 10.7 Å². The summed E-state index contributed by atoms with van der Waals surface area (Å²) < 4.78 is 0. The summed E-state index contributed by atoms with van der Waals surface area (Å²) >= 11 is 12.3. The zero-order chi connectivity index (χ0) is 11.7. The minimum atomic E-state index is 0.244. The molecule has 1 saturated heterocycles. The van der Waals surface area contributed by atoms with Gasteiger partial charge in [-0.1, -0.05) is 23.2 Å². The molecule has 2 rings (SSSR count). The summed E-state index contributed by atoms with van der Waals surface area (Å²) in [6, 6.07) is 3.81. The summed E-state index contributed by atoms with van der Waals surface area (Å²) in [6.45, 7) is 3.98. The van der Waals surface area contributed by atoms with Crippen LogP contribution >= 0.6 is 23.2 Å². The van der Waals surface area contributed by atoms with Gasteiger partial charge in [-0.3, -0.25) is 0 Å². The van der Waals surface area contributed by atoms with Crippen LogP contribution in [0.2, 0.25) is 10.0 Å². The van der Waals surface area contributed by atoms with Crippen molar-refractivity contribution in [2.45, 2.75) is 13.3 Å². The van der Waals surface area contributed by atoms with E-state index in [9.17, 15) is 0 Å². The first-order valence-corrected chi connectivity index (χ1v) is 6.19. The Morgan fingerprint density at radius 1 is 1.38 bits per heavy atom. The predicted molar refractivity (Wildman–Crippen MR) is 68.6 cm³/mol. The molecule has 0 amide bonds. The molecule has 4 heteroatoms. The van der Waals surface area contributed by atoms with Crippen LogP contribution in [0, 0.1) is 12.8 Å². The van der Waals surface area contributed by atoms with Crippen LogP contribution in [-0.2, 0) is 0 Å². The van der Waals surface area contributed by atoms with Gasteiger partial charge in [-0.05, 0) is 31.0 Å². The van der Waals surface area contributed by atoms with E-state index in [1.165, 1.54) is 0 Å². The molecular weight excluding hydrogens is 245 g/mol. The third kappa shape index (κ3) is 2.29. The van der Waals surface area contributed by atoms with E-state index < -0.39 is 0 Å². The minimum absolute atomic E-state index is 0.244. The van der Waals surface area contributed by atoms with E-state index in [1.54, 1.807) is 0 Å². The van der Waals surface area contributed by atoms with Crippen LogP contribution in [0.4, 0.5) is 5.69 Å². The number of rotatable bonds is 2. The van der Waals surface area contributed by atoms with E-state index in [0.29, 0.717) is 5.92 Å². The van der Waals surface area contributed by atoms with Crippen molar-refractivity contribution in [3.8, 4) is 0 Å². The largest absolute Gasteiger partial charge is 0.396 e. The SMILES string of the molecule is Cc1cc(Cl)c(N2CCC(CO)C2)cc1Cl. The third-order valence-corrected chi connectivity index (χ3v) is 3.82. The van der Waals surface area contributed by atoms with Gasteiger partial charge in [0.25, 0.3) is 0 Å². The predicted octanol–water partition coefficient (Wildman–Crippen LogP) is 3.12. The zero-order valence-corrected chi connectivity index (χ0v) is 10.7. The molecule has 1 N–H and O–H groups in total. The van der Waals surface area contributed by atoms with Gasteiger partial charge >= 0.3 is 0 Å². The van der Waals surface area contributed by atoms with Crippen LogP contribution in [0.3, 0.4) is 0 Å². The molecule has 0 bridgehead atoms. The molecule has 1 fully saturated rings. The molecule has 1 aromatic rings. The molecule has 1 heterocycles. The highest BCUT2D eigenvalue weighted by atomic mass is 35.5. The molecule has 2 nitrogen and oxygen atoms in total. The van der Waals surface area contributed by atoms with Gasteiger partial charge in [-0.15, -0.1) is 0 Å². The van der Waals surface area contributed by atoms with E-state index >= 15 is 0 Å². The fraction of sp³-hybridized carbons (Fsp3) is 0.500. The van der Waals surface area contributed by atoms with Crippen molar-refractivity contribution in [1.82, 2.24) is 0 Å². The lowest BCUT2D eigenvalue weighted by molar-refractivity contribution is 0.238. The second kappa shape index (κ2) is 4.82. The maximum Gasteiger partial charge on any atom is 0.0643 e. The summed E-state index contributed by atoms with van der Waals surface area (Å²) in [6.07, 6.45) is 1.01. The molecule has 16 heavy (non-hydrogen) atoms. The Balaban J connectivity index is 2.24. The average molecular weight is 260 g/mol. The van der Waals surface area contributed by atoms with E-state index in [2.05, 4.69) is 4.90 Å². The lowest BCUT2D eigenvalue weighted by atomic mass is 10.1. The standard InChI is InChI=1S/C12H15Cl2NO/c1-8-4-11(14)12(5-10(8)13)15-3-2-9(6-15)7-16/h4-5,9,16H,2-3,6-7H2,1H3. The number of aliphatic hydroxyl groups excluding tert-OH is 1. The number of anilines is 1. The Labute approximate surface area is 106 Å². The van der Waals surface area contributed by atoms with Crippen molar-refractivity contribution >= 4 is 28.9 Å². The molecule has 0 radical (unpaired) electrons. The highest BCUT2D eigenvalue weighted by Crippen LogP contribution is 2.34. The maximum atomic E-state index is 9.11. The lowest BCUT2D eigenvalue weighted by Gasteiger charge is -2.20. The first kappa shape index (κ1) is 12.0. The maximum absolute atomic E-state index is 9.11. The highest BCUT2D eigenvalue weighted by molar-refractivity contribution is 6.35. The van der Waals surface area contributed by atoms with Gasteiger partial charge in [0, 0.05) is 30.6 Å². The van der Waals surface area contributed by atoms with E-state index in [-0.39, 0.29) is 6.61 Å². The molecule has 1 atom stereocenters. The molecular formula is C12H15Cl2NO. The molecule has 1 aromatic carbocycles. The smallest absolute Gasteiger partial charge is 0.0643 e. The summed E-state index contributed by atoms with van der Waals surface area (Å²) in [5.41, 5.74) is 1.97. The van der Waals surface area contributed by atoms with Crippen molar-refractivity contribution in [1.29, 1.82) is 0 Å². The molecule has 0 aromatic heterocycles. The first-order valence-electron chi connectivity index (χ1n) is 5.43. The zero-order valence-electron chi connectivity index (χ0n) is 9.21. The first-order chi connectivity index (χ1) is 7.61. The Hall–Kier alpha value is -0.440. The second-order valence-electron chi connectivity index (χ2n) is 4.34. The van der Waals surface area contributed by atoms with E-state index in [4.69, 9.17) is 28.3 Å². The van der Waals surface area contributed by atoms with Crippen molar-refractivity contribution in [3.63, 3.8) is 0 Å². The van der Waals surface area contributed by atoms with Crippen LogP contribution in [-0.4, -0.2) is 24.8 Å². The fourth-order valence-electron chi connectivity index (χ4n) is 2.08. The molecule has 0 saturated carbocycles. The molecule has 0 spiro atoms. The molecule has 88 valence electrons. The fourth-order valence-corrected chi connectivity index (χ4v) is 2.57. The van der Waals surface area contributed by atoms with Gasteiger partial charge in [-0.2, -0.15) is 0 Å². The summed E-state index contributed by atoms with van der Waals surface area (Å²) in [5, 5.41) is 10.6. The Morgan fingerprint density at radius 2 is 2.12 bits per heavy atom. The number of benzene rings is 1. The highest BCUT2D eigenvalue weighted by Gasteiger charge is 2.23. The van der Waals surface area contributed by atoms with Crippen LogP contribution in [0.5, 0.6) is 0 Å². The molecule has 0 aliphatic carbocycles. The quantitative estimate of drug-likeness (QED) is 0.883. The monoisotopic (exact) mass is 259 g/mol. The number of aryl methyl sites for hydroxylation is 1. The van der Waals surface area contributed by atoms with Gasteiger partial charge in [0.1, 0.15) is 0 Å². The Bertz CT molecular complexity index is 395. The van der Waals surface area contributed by atoms with Gasteiger partial charge < -0.3 is 10.0 Å². The van der Waals surface area contributed by atoms with Gasteiger partial charge in [-0.25, -0.2) is 0 Å². The third-order valence-electron chi connectivity index (χ3n) is 3.11. The van der Waals surface area contributed by atoms with Crippen molar-refractivity contribution in [3.05, 3.63) is 27.7 Å². The van der Waals surface area contributed by atoms with Crippen LogP contribution < -0.4 is 4.90 Å². The van der Waals surface area contributed by atoms with E-state index in [1.807, 2.05) is 19.1 Å². The van der Waals surface area contributed by atoms with Gasteiger partial charge in [0.15, 0.2) is 0 Å². The van der Waals surface area contributed by atoms with Crippen LogP contribution in [0.25, 0.3) is 0 Å². The Morgan fingerprint density at radius 3 is 2.75 bits per heavy atom. The van der Waals surface area contributed by atoms with Crippen LogP contribution in [0.15, 0.2) is 12.1 Å². The van der Waals surface area contributed by atoms with E-state index in [0.717, 1.165) is 40.8 Å².